The van der Waals surface area contributed by atoms with Gasteiger partial charge in [-0.25, -0.2) is 0 Å². The lowest BCUT2D eigenvalue weighted by Crippen LogP contribution is -2.40. The van der Waals surface area contributed by atoms with Gasteiger partial charge in [0.25, 0.3) is 5.91 Å². The van der Waals surface area contributed by atoms with E-state index < -0.39 is 0 Å². The molecule has 1 aromatic rings. The molecule has 5 heteroatoms. The normalized spacial score (nSPS) is 16.4. The minimum Gasteiger partial charge on any atom is -0.335 e. The molecule has 2 rings (SSSR count). The SMILES string of the molecule is Cn1cc(C(=O)N(CCBr)C2CCCC2)cn1. The topological polar surface area (TPSA) is 38.1 Å². The van der Waals surface area contributed by atoms with Crippen LogP contribution in [0.1, 0.15) is 36.0 Å². The molecule has 1 fully saturated rings. The van der Waals surface area contributed by atoms with Crippen LogP contribution >= 0.6 is 15.9 Å². The van der Waals surface area contributed by atoms with Gasteiger partial charge >= 0.3 is 0 Å². The average molecular weight is 300 g/mol. The number of hydrogen-bond acceptors (Lipinski definition) is 2. The first-order chi connectivity index (χ1) is 8.22. The summed E-state index contributed by atoms with van der Waals surface area (Å²) in [5.74, 6) is 0.115. The van der Waals surface area contributed by atoms with E-state index in [0.29, 0.717) is 11.6 Å². The summed E-state index contributed by atoms with van der Waals surface area (Å²) in [6, 6.07) is 0.417. The molecule has 1 aliphatic rings. The summed E-state index contributed by atoms with van der Waals surface area (Å²) in [5.41, 5.74) is 0.695. The standard InChI is InChI=1S/C12H18BrN3O/c1-15-9-10(8-14-15)12(17)16(7-6-13)11-4-2-3-5-11/h8-9,11H,2-7H2,1H3. The molecule has 1 heterocycles. The summed E-state index contributed by atoms with van der Waals surface area (Å²) in [4.78, 5) is 14.4. The zero-order valence-corrected chi connectivity index (χ0v) is 11.7. The van der Waals surface area contributed by atoms with E-state index in [0.717, 1.165) is 24.7 Å². The maximum absolute atomic E-state index is 12.4. The molecule has 1 aliphatic carbocycles. The fourth-order valence-electron chi connectivity index (χ4n) is 2.45. The van der Waals surface area contributed by atoms with Crippen molar-refractivity contribution < 1.29 is 4.79 Å². The van der Waals surface area contributed by atoms with Gasteiger partial charge in [-0.05, 0) is 12.8 Å². The largest absolute Gasteiger partial charge is 0.335 e. The Bertz CT molecular complexity index is 385. The van der Waals surface area contributed by atoms with Crippen molar-refractivity contribution in [2.24, 2.45) is 7.05 Å². The Labute approximate surface area is 110 Å². The van der Waals surface area contributed by atoms with Crippen LogP contribution in [0.3, 0.4) is 0 Å². The first-order valence-corrected chi connectivity index (χ1v) is 7.20. The number of aromatic nitrogens is 2. The molecule has 0 spiro atoms. The van der Waals surface area contributed by atoms with Gasteiger partial charge in [0.1, 0.15) is 0 Å². The number of hydrogen-bond donors (Lipinski definition) is 0. The van der Waals surface area contributed by atoms with Crippen molar-refractivity contribution in [1.29, 1.82) is 0 Å². The van der Waals surface area contributed by atoms with Crippen molar-refractivity contribution in [2.45, 2.75) is 31.7 Å². The molecule has 0 unspecified atom stereocenters. The fourth-order valence-corrected chi connectivity index (χ4v) is 2.84. The molecule has 0 aliphatic heterocycles. The Morgan fingerprint density at radius 3 is 2.82 bits per heavy atom. The molecular formula is C12H18BrN3O. The van der Waals surface area contributed by atoms with Gasteiger partial charge in [-0.15, -0.1) is 0 Å². The average Bonchev–Trinajstić information content (AvgIpc) is 2.95. The van der Waals surface area contributed by atoms with E-state index in [1.165, 1.54) is 12.8 Å². The van der Waals surface area contributed by atoms with E-state index in [9.17, 15) is 4.79 Å². The lowest BCUT2D eigenvalue weighted by molar-refractivity contribution is 0.0696. The van der Waals surface area contributed by atoms with Crippen molar-refractivity contribution in [2.75, 3.05) is 11.9 Å². The molecule has 0 N–H and O–H groups in total. The van der Waals surface area contributed by atoms with Gasteiger partial charge < -0.3 is 4.90 Å². The van der Waals surface area contributed by atoms with Crippen LogP contribution in [-0.2, 0) is 7.05 Å². The third-order valence-electron chi connectivity index (χ3n) is 3.30. The lowest BCUT2D eigenvalue weighted by Gasteiger charge is -2.27. The predicted molar refractivity (Wildman–Crippen MR) is 70.3 cm³/mol. The third-order valence-corrected chi connectivity index (χ3v) is 3.66. The smallest absolute Gasteiger partial charge is 0.257 e. The number of nitrogens with zero attached hydrogens (tertiary/aromatic N) is 3. The lowest BCUT2D eigenvalue weighted by atomic mass is 10.2. The predicted octanol–water partition coefficient (Wildman–Crippen LogP) is 2.20. The van der Waals surface area contributed by atoms with Crippen molar-refractivity contribution in [3.05, 3.63) is 18.0 Å². The molecule has 0 bridgehead atoms. The first-order valence-electron chi connectivity index (χ1n) is 6.08. The van der Waals surface area contributed by atoms with E-state index in [1.54, 1.807) is 17.1 Å². The summed E-state index contributed by atoms with van der Waals surface area (Å²) in [7, 11) is 1.83. The molecule has 0 radical (unpaired) electrons. The highest BCUT2D eigenvalue weighted by molar-refractivity contribution is 9.09. The highest BCUT2D eigenvalue weighted by Gasteiger charge is 2.27. The van der Waals surface area contributed by atoms with Gasteiger partial charge in [0.05, 0.1) is 11.8 Å². The van der Waals surface area contributed by atoms with Crippen LogP contribution in [0.5, 0.6) is 0 Å². The minimum atomic E-state index is 0.115. The van der Waals surface area contributed by atoms with Crippen LogP contribution in [0, 0.1) is 0 Å². The molecule has 17 heavy (non-hydrogen) atoms. The zero-order chi connectivity index (χ0) is 12.3. The Hall–Kier alpha value is -0.840. The number of rotatable bonds is 4. The minimum absolute atomic E-state index is 0.115. The van der Waals surface area contributed by atoms with Crippen molar-refractivity contribution in [3.63, 3.8) is 0 Å². The van der Waals surface area contributed by atoms with Gasteiger partial charge in [-0.3, -0.25) is 9.48 Å². The Kier molecular flexibility index (Phi) is 4.20. The first kappa shape index (κ1) is 12.6. The molecule has 4 nitrogen and oxygen atoms in total. The number of carbonyl (C=O) groups is 1. The van der Waals surface area contributed by atoms with E-state index in [2.05, 4.69) is 21.0 Å². The van der Waals surface area contributed by atoms with Crippen LogP contribution in [0.25, 0.3) is 0 Å². The van der Waals surface area contributed by atoms with E-state index in [-0.39, 0.29) is 5.91 Å². The monoisotopic (exact) mass is 299 g/mol. The summed E-state index contributed by atoms with van der Waals surface area (Å²) in [6.07, 6.45) is 8.20. The fraction of sp³-hybridized carbons (Fsp3) is 0.667. The Morgan fingerprint density at radius 2 is 2.29 bits per heavy atom. The van der Waals surface area contributed by atoms with Crippen LogP contribution in [0.4, 0.5) is 0 Å². The van der Waals surface area contributed by atoms with Crippen LogP contribution in [-0.4, -0.2) is 38.5 Å². The number of halogens is 1. The summed E-state index contributed by atoms with van der Waals surface area (Å²) in [5, 5.41) is 4.89. The molecule has 0 aromatic carbocycles. The van der Waals surface area contributed by atoms with E-state index >= 15 is 0 Å². The van der Waals surface area contributed by atoms with Crippen LogP contribution in [0.15, 0.2) is 12.4 Å². The molecule has 1 aromatic heterocycles. The van der Waals surface area contributed by atoms with Gasteiger partial charge in [0, 0.05) is 31.2 Å². The third kappa shape index (κ3) is 2.89. The summed E-state index contributed by atoms with van der Waals surface area (Å²) in [6.45, 7) is 0.776. The van der Waals surface area contributed by atoms with Gasteiger partial charge in [-0.1, -0.05) is 28.8 Å². The summed E-state index contributed by atoms with van der Waals surface area (Å²) >= 11 is 3.43. The second-order valence-corrected chi connectivity index (χ2v) is 5.32. The number of aryl methyl sites for hydroxylation is 1. The second kappa shape index (κ2) is 5.67. The van der Waals surface area contributed by atoms with Crippen molar-refractivity contribution in [3.8, 4) is 0 Å². The number of carbonyl (C=O) groups excluding carboxylic acids is 1. The maximum Gasteiger partial charge on any atom is 0.257 e. The number of amides is 1. The number of alkyl halides is 1. The second-order valence-electron chi connectivity index (χ2n) is 4.53. The van der Waals surface area contributed by atoms with Gasteiger partial charge in [0.2, 0.25) is 0 Å². The molecule has 0 saturated heterocycles. The molecule has 1 amide bonds. The Balaban J connectivity index is 2.12. The van der Waals surface area contributed by atoms with Crippen molar-refractivity contribution >= 4 is 21.8 Å². The molecule has 94 valence electrons. The Morgan fingerprint density at radius 1 is 1.59 bits per heavy atom. The van der Waals surface area contributed by atoms with Crippen LogP contribution < -0.4 is 0 Å². The van der Waals surface area contributed by atoms with E-state index in [1.807, 2.05) is 11.9 Å². The molecule has 1 saturated carbocycles. The van der Waals surface area contributed by atoms with Crippen molar-refractivity contribution in [1.82, 2.24) is 14.7 Å². The van der Waals surface area contributed by atoms with E-state index in [4.69, 9.17) is 0 Å². The van der Waals surface area contributed by atoms with Gasteiger partial charge in [0.15, 0.2) is 0 Å². The zero-order valence-electron chi connectivity index (χ0n) is 10.1. The quantitative estimate of drug-likeness (QED) is 0.800. The van der Waals surface area contributed by atoms with Gasteiger partial charge in [-0.2, -0.15) is 5.10 Å². The summed E-state index contributed by atoms with van der Waals surface area (Å²) < 4.78 is 1.67. The highest BCUT2D eigenvalue weighted by Crippen LogP contribution is 2.24. The maximum atomic E-state index is 12.4. The highest BCUT2D eigenvalue weighted by atomic mass is 79.9. The molecule has 0 atom stereocenters. The van der Waals surface area contributed by atoms with Crippen LogP contribution in [0.2, 0.25) is 0 Å². The molecular weight excluding hydrogens is 282 g/mol.